The molecule has 0 saturated carbocycles. The fourth-order valence-corrected chi connectivity index (χ4v) is 2.26. The van der Waals surface area contributed by atoms with Gasteiger partial charge in [0, 0.05) is 6.20 Å². The third-order valence-electron chi connectivity index (χ3n) is 2.87. The van der Waals surface area contributed by atoms with E-state index in [-0.39, 0.29) is 6.61 Å². The minimum Gasteiger partial charge on any atom is -0.444 e. The summed E-state index contributed by atoms with van der Waals surface area (Å²) in [4.78, 5) is 16.0. The van der Waals surface area contributed by atoms with Crippen LogP contribution >= 0.6 is 15.9 Å². The monoisotopic (exact) mass is 346 g/mol. The van der Waals surface area contributed by atoms with Crippen LogP contribution in [0.25, 0.3) is 10.9 Å². The van der Waals surface area contributed by atoms with Gasteiger partial charge < -0.3 is 4.74 Å². The van der Waals surface area contributed by atoms with Gasteiger partial charge in [0.2, 0.25) is 0 Å². The molecule has 0 aliphatic carbocycles. The first kappa shape index (κ1) is 13.6. The van der Waals surface area contributed by atoms with E-state index in [0.29, 0.717) is 11.2 Å². The molecule has 2 N–H and O–H groups in total. The smallest absolute Gasteiger partial charge is 0.413 e. The molecule has 0 spiro atoms. The van der Waals surface area contributed by atoms with Gasteiger partial charge in [-0.1, -0.05) is 30.3 Å². The number of H-pyrrole nitrogens is 1. The second-order valence-electron chi connectivity index (χ2n) is 4.30. The molecule has 2 heterocycles. The largest absolute Gasteiger partial charge is 0.444 e. The fourth-order valence-electron chi connectivity index (χ4n) is 1.86. The topological polar surface area (TPSA) is 79.9 Å². The number of anilines is 1. The zero-order chi connectivity index (χ0) is 14.7. The summed E-state index contributed by atoms with van der Waals surface area (Å²) in [5, 5.41) is 10.1. The average Bonchev–Trinajstić information content (AvgIpc) is 3.00. The first-order chi connectivity index (χ1) is 10.2. The number of aromatic nitrogens is 3. The van der Waals surface area contributed by atoms with Crippen molar-refractivity contribution in [3.8, 4) is 0 Å². The van der Waals surface area contributed by atoms with Crippen LogP contribution in [0.1, 0.15) is 5.56 Å². The van der Waals surface area contributed by atoms with Gasteiger partial charge in [0.1, 0.15) is 12.4 Å². The molecule has 3 aromatic rings. The molecule has 0 unspecified atom stereocenters. The molecular weight excluding hydrogens is 336 g/mol. The third kappa shape index (κ3) is 3.03. The normalized spacial score (nSPS) is 10.5. The minimum atomic E-state index is -0.559. The highest BCUT2D eigenvalue weighted by Gasteiger charge is 2.11. The van der Waals surface area contributed by atoms with E-state index in [1.807, 2.05) is 30.3 Å². The van der Waals surface area contributed by atoms with Crippen LogP contribution < -0.4 is 5.32 Å². The molecular formula is C14H11BrN4O2. The summed E-state index contributed by atoms with van der Waals surface area (Å²) in [5.41, 5.74) is 1.69. The molecule has 0 saturated heterocycles. The minimum absolute atomic E-state index is 0.206. The van der Waals surface area contributed by atoms with Crippen molar-refractivity contribution in [1.82, 2.24) is 15.2 Å². The van der Waals surface area contributed by atoms with E-state index in [4.69, 9.17) is 4.74 Å². The van der Waals surface area contributed by atoms with Crippen molar-refractivity contribution in [2.24, 2.45) is 0 Å². The lowest BCUT2D eigenvalue weighted by Gasteiger charge is -2.07. The number of hydrogen-bond donors (Lipinski definition) is 2. The van der Waals surface area contributed by atoms with E-state index in [0.717, 1.165) is 15.6 Å². The Morgan fingerprint density at radius 3 is 2.90 bits per heavy atom. The summed E-state index contributed by atoms with van der Waals surface area (Å²) in [6.45, 7) is 0.206. The lowest BCUT2D eigenvalue weighted by Crippen LogP contribution is -2.14. The molecule has 106 valence electrons. The lowest BCUT2D eigenvalue weighted by molar-refractivity contribution is 0.155. The summed E-state index contributed by atoms with van der Waals surface area (Å²) in [5.74, 6) is 0.403. The molecule has 0 fully saturated rings. The average molecular weight is 347 g/mol. The predicted octanol–water partition coefficient (Wildman–Crippen LogP) is 3.47. The predicted molar refractivity (Wildman–Crippen MR) is 81.8 cm³/mol. The van der Waals surface area contributed by atoms with Gasteiger partial charge in [0.25, 0.3) is 0 Å². The highest BCUT2D eigenvalue weighted by molar-refractivity contribution is 9.10. The molecule has 2 aromatic heterocycles. The number of carbonyl (C=O) groups excluding carboxylic acids is 1. The van der Waals surface area contributed by atoms with Crippen LogP contribution in [0.2, 0.25) is 0 Å². The molecule has 21 heavy (non-hydrogen) atoms. The highest BCUT2D eigenvalue weighted by atomic mass is 79.9. The number of carbonyl (C=O) groups is 1. The van der Waals surface area contributed by atoms with Gasteiger partial charge in [-0.2, -0.15) is 5.10 Å². The summed E-state index contributed by atoms with van der Waals surface area (Å²) >= 11 is 3.36. The number of amides is 1. The maximum Gasteiger partial charge on any atom is 0.413 e. The SMILES string of the molecule is O=C(Nc1ncc(Br)c2[nH]ncc12)OCc1ccccc1. The van der Waals surface area contributed by atoms with Crippen molar-refractivity contribution in [3.05, 3.63) is 52.8 Å². The maximum atomic E-state index is 11.8. The van der Waals surface area contributed by atoms with Crippen LogP contribution in [-0.2, 0) is 11.3 Å². The standard InChI is InChI=1S/C14H11BrN4O2/c15-11-7-16-13(10-6-17-19-12(10)11)18-14(20)21-8-9-4-2-1-3-5-9/h1-7H,8H2,(H,17,19)(H,16,18,20). The second kappa shape index (κ2) is 5.92. The molecule has 0 aliphatic rings. The first-order valence-corrected chi connectivity index (χ1v) is 6.98. The lowest BCUT2D eigenvalue weighted by atomic mass is 10.2. The number of hydrogen-bond acceptors (Lipinski definition) is 4. The summed E-state index contributed by atoms with van der Waals surface area (Å²) in [7, 11) is 0. The maximum absolute atomic E-state index is 11.8. The number of fused-ring (bicyclic) bond motifs is 1. The number of aromatic amines is 1. The van der Waals surface area contributed by atoms with Crippen LogP contribution in [-0.4, -0.2) is 21.3 Å². The number of benzene rings is 1. The Labute approximate surface area is 128 Å². The van der Waals surface area contributed by atoms with Crippen molar-refractivity contribution in [3.63, 3.8) is 0 Å². The summed E-state index contributed by atoms with van der Waals surface area (Å²) in [6, 6.07) is 9.47. The van der Waals surface area contributed by atoms with Gasteiger partial charge in [-0.15, -0.1) is 0 Å². The summed E-state index contributed by atoms with van der Waals surface area (Å²) < 4.78 is 5.93. The van der Waals surface area contributed by atoms with Crippen LogP contribution in [0.4, 0.5) is 10.6 Å². The Morgan fingerprint density at radius 1 is 1.29 bits per heavy atom. The fraction of sp³-hybridized carbons (Fsp3) is 0.0714. The van der Waals surface area contributed by atoms with E-state index in [1.165, 1.54) is 0 Å². The molecule has 7 heteroatoms. The molecule has 1 amide bonds. The summed E-state index contributed by atoms with van der Waals surface area (Å²) in [6.07, 6.45) is 2.63. The number of nitrogens with zero attached hydrogens (tertiary/aromatic N) is 2. The molecule has 0 radical (unpaired) electrons. The van der Waals surface area contributed by atoms with Gasteiger partial charge in [-0.3, -0.25) is 10.4 Å². The van der Waals surface area contributed by atoms with E-state index in [2.05, 4.69) is 36.4 Å². The second-order valence-corrected chi connectivity index (χ2v) is 5.15. The molecule has 1 aromatic carbocycles. The Hall–Kier alpha value is -2.41. The molecule has 0 atom stereocenters. The van der Waals surface area contributed by atoms with Crippen molar-refractivity contribution in [2.45, 2.75) is 6.61 Å². The zero-order valence-electron chi connectivity index (χ0n) is 10.8. The molecule has 0 bridgehead atoms. The first-order valence-electron chi connectivity index (χ1n) is 6.19. The van der Waals surface area contributed by atoms with Crippen LogP contribution in [0.5, 0.6) is 0 Å². The van der Waals surface area contributed by atoms with Crippen molar-refractivity contribution < 1.29 is 9.53 Å². The third-order valence-corrected chi connectivity index (χ3v) is 3.47. The van der Waals surface area contributed by atoms with E-state index in [1.54, 1.807) is 12.4 Å². The van der Waals surface area contributed by atoms with E-state index >= 15 is 0 Å². The van der Waals surface area contributed by atoms with E-state index in [9.17, 15) is 4.79 Å². The zero-order valence-corrected chi connectivity index (χ0v) is 12.4. The number of nitrogens with one attached hydrogen (secondary N) is 2. The molecule has 3 rings (SSSR count). The molecule has 6 nitrogen and oxygen atoms in total. The Balaban J connectivity index is 1.69. The van der Waals surface area contributed by atoms with Gasteiger partial charge in [0.05, 0.1) is 21.6 Å². The Morgan fingerprint density at radius 2 is 2.10 bits per heavy atom. The highest BCUT2D eigenvalue weighted by Crippen LogP contribution is 2.25. The number of pyridine rings is 1. The van der Waals surface area contributed by atoms with Gasteiger partial charge in [0.15, 0.2) is 0 Å². The Kier molecular flexibility index (Phi) is 3.83. The van der Waals surface area contributed by atoms with Crippen molar-refractivity contribution >= 4 is 38.7 Å². The van der Waals surface area contributed by atoms with Crippen molar-refractivity contribution in [1.29, 1.82) is 0 Å². The number of ether oxygens (including phenoxy) is 1. The van der Waals surface area contributed by atoms with Crippen LogP contribution in [0.3, 0.4) is 0 Å². The Bertz CT molecular complexity index is 773. The van der Waals surface area contributed by atoms with Crippen LogP contribution in [0.15, 0.2) is 47.2 Å². The quantitative estimate of drug-likeness (QED) is 0.760. The number of rotatable bonds is 3. The van der Waals surface area contributed by atoms with Gasteiger partial charge >= 0.3 is 6.09 Å². The van der Waals surface area contributed by atoms with E-state index < -0.39 is 6.09 Å². The number of halogens is 1. The van der Waals surface area contributed by atoms with Gasteiger partial charge in [-0.05, 0) is 21.5 Å². The van der Waals surface area contributed by atoms with Crippen molar-refractivity contribution in [2.75, 3.05) is 5.32 Å². The van der Waals surface area contributed by atoms with Gasteiger partial charge in [-0.25, -0.2) is 9.78 Å². The molecule has 0 aliphatic heterocycles. The van der Waals surface area contributed by atoms with Crippen LogP contribution in [0, 0.1) is 0 Å².